The number of halogens is 1. The highest BCUT2D eigenvalue weighted by Crippen LogP contribution is 2.31. The van der Waals surface area contributed by atoms with Crippen molar-refractivity contribution in [3.63, 3.8) is 0 Å². The Labute approximate surface area is 241 Å². The minimum atomic E-state index is -0.507. The molecule has 6 heteroatoms. The number of hydrogen-bond acceptors (Lipinski definition) is 4. The molecule has 0 radical (unpaired) electrons. The number of carbonyl (C=O) groups is 1. The van der Waals surface area contributed by atoms with Crippen LogP contribution in [0.25, 0.3) is 16.8 Å². The number of ether oxygens (including phenoxy) is 2. The summed E-state index contributed by atoms with van der Waals surface area (Å²) in [5.74, 6) is 0.760. The highest BCUT2D eigenvalue weighted by molar-refractivity contribution is 9.10. The van der Waals surface area contributed by atoms with Crippen LogP contribution in [0.4, 0.5) is 5.69 Å². The van der Waals surface area contributed by atoms with E-state index in [0.29, 0.717) is 36.0 Å². The average Bonchev–Trinajstić information content (AvgIpc) is 3.00. The van der Waals surface area contributed by atoms with Crippen molar-refractivity contribution >= 4 is 44.4 Å². The molecule has 1 N–H and O–H groups in total. The van der Waals surface area contributed by atoms with Gasteiger partial charge in [0.2, 0.25) is 0 Å². The second-order valence-corrected chi connectivity index (χ2v) is 9.95. The lowest BCUT2D eigenvalue weighted by atomic mass is 10.0. The maximum atomic E-state index is 13.1. The van der Waals surface area contributed by atoms with E-state index >= 15 is 0 Å². The van der Waals surface area contributed by atoms with Crippen molar-refractivity contribution < 1.29 is 14.3 Å². The van der Waals surface area contributed by atoms with Crippen LogP contribution < -0.4 is 14.8 Å². The molecule has 0 saturated heterocycles. The van der Waals surface area contributed by atoms with E-state index in [1.165, 1.54) is 0 Å². The van der Waals surface area contributed by atoms with Gasteiger partial charge in [-0.2, -0.15) is 5.26 Å². The molecule has 196 valence electrons. The third-order valence-electron chi connectivity index (χ3n) is 6.25. The molecule has 0 aliphatic heterocycles. The van der Waals surface area contributed by atoms with E-state index in [2.05, 4.69) is 27.3 Å². The van der Waals surface area contributed by atoms with E-state index in [-0.39, 0.29) is 5.57 Å². The second kappa shape index (κ2) is 12.8. The Morgan fingerprint density at radius 1 is 0.775 bits per heavy atom. The molecule has 0 saturated carbocycles. The molecule has 5 nitrogen and oxygen atoms in total. The predicted octanol–water partition coefficient (Wildman–Crippen LogP) is 8.31. The van der Waals surface area contributed by atoms with E-state index in [1.54, 1.807) is 30.3 Å². The van der Waals surface area contributed by atoms with Crippen LogP contribution >= 0.6 is 15.9 Å². The summed E-state index contributed by atoms with van der Waals surface area (Å²) in [6, 6.07) is 38.5. The van der Waals surface area contributed by atoms with Crippen LogP contribution in [0.1, 0.15) is 16.7 Å². The Kier molecular flexibility index (Phi) is 8.55. The molecule has 0 bridgehead atoms. The van der Waals surface area contributed by atoms with Gasteiger partial charge < -0.3 is 14.8 Å². The molecule has 0 unspecified atom stereocenters. The lowest BCUT2D eigenvalue weighted by molar-refractivity contribution is -0.112. The third-order valence-corrected chi connectivity index (χ3v) is 6.78. The summed E-state index contributed by atoms with van der Waals surface area (Å²) in [7, 11) is 0. The average molecular weight is 589 g/mol. The van der Waals surface area contributed by atoms with Crippen molar-refractivity contribution in [2.24, 2.45) is 0 Å². The first-order valence-electron chi connectivity index (χ1n) is 12.7. The highest BCUT2D eigenvalue weighted by Gasteiger charge is 2.14. The number of anilines is 1. The van der Waals surface area contributed by atoms with Crippen molar-refractivity contribution in [3.05, 3.63) is 142 Å². The fraction of sp³-hybridized carbons (Fsp3) is 0.0588. The Morgan fingerprint density at radius 3 is 2.20 bits per heavy atom. The molecule has 0 heterocycles. The highest BCUT2D eigenvalue weighted by atomic mass is 79.9. The lowest BCUT2D eigenvalue weighted by Crippen LogP contribution is -2.13. The van der Waals surface area contributed by atoms with Crippen molar-refractivity contribution in [1.29, 1.82) is 5.26 Å². The van der Waals surface area contributed by atoms with Crippen molar-refractivity contribution in [1.82, 2.24) is 0 Å². The van der Waals surface area contributed by atoms with E-state index in [1.807, 2.05) is 91.0 Å². The fourth-order valence-corrected chi connectivity index (χ4v) is 4.42. The first kappa shape index (κ1) is 26.7. The number of nitrogens with zero attached hydrogens (tertiary/aromatic N) is 1. The van der Waals surface area contributed by atoms with Gasteiger partial charge in [0.25, 0.3) is 5.91 Å². The van der Waals surface area contributed by atoms with Crippen LogP contribution in [0.3, 0.4) is 0 Å². The number of carbonyl (C=O) groups excluding carboxylic acids is 1. The van der Waals surface area contributed by atoms with Crippen LogP contribution in [0.15, 0.2) is 125 Å². The topological polar surface area (TPSA) is 71.3 Å². The van der Waals surface area contributed by atoms with Gasteiger partial charge in [-0.05, 0) is 70.4 Å². The number of hydrogen-bond donors (Lipinski definition) is 1. The number of benzene rings is 5. The molecule has 0 aliphatic carbocycles. The summed E-state index contributed by atoms with van der Waals surface area (Å²) in [6.45, 7) is 0.796. The largest absolute Gasteiger partial charge is 0.489 e. The molecule has 0 atom stereocenters. The summed E-state index contributed by atoms with van der Waals surface area (Å²) in [6.07, 6.45) is 1.59. The molecular weight excluding hydrogens is 564 g/mol. The zero-order valence-corrected chi connectivity index (χ0v) is 23.1. The van der Waals surface area contributed by atoms with Crippen molar-refractivity contribution in [3.8, 4) is 17.6 Å². The van der Waals surface area contributed by atoms with E-state index < -0.39 is 5.91 Å². The summed E-state index contributed by atoms with van der Waals surface area (Å²) in [4.78, 5) is 13.1. The van der Waals surface area contributed by atoms with E-state index in [4.69, 9.17) is 9.47 Å². The first-order valence-corrected chi connectivity index (χ1v) is 13.5. The van der Waals surface area contributed by atoms with Gasteiger partial charge in [-0.1, -0.05) is 88.7 Å². The van der Waals surface area contributed by atoms with Gasteiger partial charge in [0.1, 0.15) is 36.4 Å². The zero-order chi connectivity index (χ0) is 27.7. The van der Waals surface area contributed by atoms with E-state index in [9.17, 15) is 10.1 Å². The Morgan fingerprint density at radius 2 is 1.45 bits per heavy atom. The smallest absolute Gasteiger partial charge is 0.266 e. The van der Waals surface area contributed by atoms with Crippen molar-refractivity contribution in [2.75, 3.05) is 5.32 Å². The number of amides is 1. The Bertz CT molecular complexity index is 1690. The maximum absolute atomic E-state index is 13.1. The molecule has 5 rings (SSSR count). The molecule has 0 aliphatic rings. The van der Waals surface area contributed by atoms with Crippen LogP contribution in [0.2, 0.25) is 0 Å². The van der Waals surface area contributed by atoms with Gasteiger partial charge in [-0.3, -0.25) is 4.79 Å². The standard InChI is InChI=1S/C34H25BrN2O3/c35-28-13-10-25(11-14-28)23-40-33-19-12-26-8-4-5-9-31(26)32(33)20-27(21-36)34(38)37-29-15-17-30(18-16-29)39-22-24-6-2-1-3-7-24/h1-20H,22-23H2,(H,37,38)/b27-20+. The minimum Gasteiger partial charge on any atom is -0.489 e. The van der Waals surface area contributed by atoms with Gasteiger partial charge in [0.05, 0.1) is 0 Å². The summed E-state index contributed by atoms with van der Waals surface area (Å²) in [5, 5.41) is 14.6. The molecule has 0 aromatic heterocycles. The van der Waals surface area contributed by atoms with E-state index in [0.717, 1.165) is 26.4 Å². The third kappa shape index (κ3) is 6.76. The quantitative estimate of drug-likeness (QED) is 0.139. The number of fused-ring (bicyclic) bond motifs is 1. The van der Waals surface area contributed by atoms with Crippen molar-refractivity contribution in [2.45, 2.75) is 13.2 Å². The monoisotopic (exact) mass is 588 g/mol. The molecule has 0 fully saturated rings. The van der Waals surface area contributed by atoms with Gasteiger partial charge >= 0.3 is 0 Å². The fourth-order valence-electron chi connectivity index (χ4n) is 4.16. The molecule has 40 heavy (non-hydrogen) atoms. The molecule has 5 aromatic carbocycles. The molecular formula is C34H25BrN2O3. The second-order valence-electron chi connectivity index (χ2n) is 9.04. The summed E-state index contributed by atoms with van der Waals surface area (Å²) in [5.41, 5.74) is 3.27. The molecule has 0 spiro atoms. The lowest BCUT2D eigenvalue weighted by Gasteiger charge is -2.13. The number of nitrogens with one attached hydrogen (secondary N) is 1. The minimum absolute atomic E-state index is 0.0331. The molecule has 5 aromatic rings. The predicted molar refractivity (Wildman–Crippen MR) is 162 cm³/mol. The van der Waals surface area contributed by atoms with Crippen LogP contribution in [-0.4, -0.2) is 5.91 Å². The normalized spacial score (nSPS) is 11.1. The Hall–Kier alpha value is -4.86. The number of nitriles is 1. The first-order chi connectivity index (χ1) is 19.6. The van der Waals surface area contributed by atoms with Gasteiger partial charge in [-0.25, -0.2) is 0 Å². The van der Waals surface area contributed by atoms with Gasteiger partial charge in [0.15, 0.2) is 0 Å². The van der Waals surface area contributed by atoms with Gasteiger partial charge in [-0.15, -0.1) is 0 Å². The van der Waals surface area contributed by atoms with Gasteiger partial charge in [0, 0.05) is 15.7 Å². The molecule has 1 amide bonds. The van der Waals surface area contributed by atoms with Crippen LogP contribution in [0, 0.1) is 11.3 Å². The summed E-state index contributed by atoms with van der Waals surface area (Å²) >= 11 is 3.45. The van der Waals surface area contributed by atoms with Crippen LogP contribution in [-0.2, 0) is 18.0 Å². The maximum Gasteiger partial charge on any atom is 0.266 e. The zero-order valence-electron chi connectivity index (χ0n) is 21.5. The van der Waals surface area contributed by atoms with Crippen LogP contribution in [0.5, 0.6) is 11.5 Å². The number of rotatable bonds is 9. The Balaban J connectivity index is 1.34. The summed E-state index contributed by atoms with van der Waals surface area (Å²) < 4.78 is 13.0. The SMILES string of the molecule is N#C/C(=C\c1c(OCc2ccc(Br)cc2)ccc2ccccc12)C(=O)Nc1ccc(OCc2ccccc2)cc1.